The Bertz CT molecular complexity index is 366. The van der Waals surface area contributed by atoms with Gasteiger partial charge in [-0.2, -0.15) is 0 Å². The van der Waals surface area contributed by atoms with Gasteiger partial charge in [-0.05, 0) is 58.1 Å². The standard InChI is InChI=1S/C15H26N4/c1-18(2)12-13-5-8-19(9-6-13)10-7-15-4-3-14(16)11-17-15/h3-4,11,13H,5-10,12,16H2,1-2H3. The van der Waals surface area contributed by atoms with Gasteiger partial charge in [0, 0.05) is 25.2 Å². The maximum atomic E-state index is 5.64. The highest BCUT2D eigenvalue weighted by Crippen LogP contribution is 2.17. The van der Waals surface area contributed by atoms with Crippen molar-refractivity contribution in [3.05, 3.63) is 24.0 Å². The van der Waals surface area contributed by atoms with Crippen molar-refractivity contribution in [2.45, 2.75) is 19.3 Å². The molecule has 0 amide bonds. The van der Waals surface area contributed by atoms with E-state index in [1.165, 1.54) is 32.5 Å². The maximum Gasteiger partial charge on any atom is 0.0501 e. The van der Waals surface area contributed by atoms with Crippen molar-refractivity contribution in [3.63, 3.8) is 0 Å². The lowest BCUT2D eigenvalue weighted by Crippen LogP contribution is -2.38. The third kappa shape index (κ3) is 4.80. The fraction of sp³-hybridized carbons (Fsp3) is 0.667. The van der Waals surface area contributed by atoms with E-state index in [1.54, 1.807) is 6.20 Å². The molecular weight excluding hydrogens is 236 g/mol. The molecule has 106 valence electrons. The van der Waals surface area contributed by atoms with Gasteiger partial charge in [-0.1, -0.05) is 0 Å². The van der Waals surface area contributed by atoms with E-state index in [9.17, 15) is 0 Å². The van der Waals surface area contributed by atoms with Gasteiger partial charge < -0.3 is 15.5 Å². The summed E-state index contributed by atoms with van der Waals surface area (Å²) in [4.78, 5) is 9.22. The predicted octanol–water partition coefficient (Wildman–Crippen LogP) is 1.48. The molecule has 0 aliphatic carbocycles. The van der Waals surface area contributed by atoms with Crippen molar-refractivity contribution in [1.29, 1.82) is 0 Å². The average molecular weight is 262 g/mol. The number of aromatic nitrogens is 1. The molecule has 19 heavy (non-hydrogen) atoms. The molecule has 0 atom stereocenters. The minimum atomic E-state index is 0.744. The van der Waals surface area contributed by atoms with Crippen LogP contribution < -0.4 is 5.73 Å². The lowest BCUT2D eigenvalue weighted by molar-refractivity contribution is 0.164. The van der Waals surface area contributed by atoms with Crippen molar-refractivity contribution in [2.75, 3.05) is 46.0 Å². The summed E-state index contributed by atoms with van der Waals surface area (Å²) in [6.45, 7) is 4.81. The van der Waals surface area contributed by atoms with Crippen molar-refractivity contribution < 1.29 is 0 Å². The summed E-state index contributed by atoms with van der Waals surface area (Å²) >= 11 is 0. The first-order valence-electron chi connectivity index (χ1n) is 7.21. The van der Waals surface area contributed by atoms with Crippen LogP contribution in [0.2, 0.25) is 0 Å². The van der Waals surface area contributed by atoms with Crippen LogP contribution in [0.15, 0.2) is 18.3 Å². The van der Waals surface area contributed by atoms with Gasteiger partial charge in [0.25, 0.3) is 0 Å². The maximum absolute atomic E-state index is 5.64. The molecule has 2 rings (SSSR count). The van der Waals surface area contributed by atoms with Gasteiger partial charge in [0.2, 0.25) is 0 Å². The number of nitrogens with zero attached hydrogens (tertiary/aromatic N) is 3. The van der Waals surface area contributed by atoms with Gasteiger partial charge in [-0.3, -0.25) is 4.98 Å². The predicted molar refractivity (Wildman–Crippen MR) is 80.1 cm³/mol. The third-order valence-corrected chi connectivity index (χ3v) is 3.86. The molecule has 0 aromatic carbocycles. The van der Waals surface area contributed by atoms with Crippen LogP contribution in [0.4, 0.5) is 5.69 Å². The molecule has 0 bridgehead atoms. The Labute approximate surface area is 116 Å². The van der Waals surface area contributed by atoms with Crippen LogP contribution >= 0.6 is 0 Å². The number of rotatable bonds is 5. The smallest absolute Gasteiger partial charge is 0.0501 e. The number of piperidine rings is 1. The number of nitrogens with two attached hydrogens (primary N) is 1. The van der Waals surface area contributed by atoms with Crippen molar-refractivity contribution in [1.82, 2.24) is 14.8 Å². The fourth-order valence-electron chi connectivity index (χ4n) is 2.77. The molecule has 1 saturated heterocycles. The molecule has 0 spiro atoms. The molecular formula is C15H26N4. The van der Waals surface area contributed by atoms with Gasteiger partial charge in [0.1, 0.15) is 0 Å². The van der Waals surface area contributed by atoms with Gasteiger partial charge >= 0.3 is 0 Å². The molecule has 1 aromatic heterocycles. The molecule has 4 heteroatoms. The van der Waals surface area contributed by atoms with Crippen molar-refractivity contribution in [3.8, 4) is 0 Å². The van der Waals surface area contributed by atoms with Crippen LogP contribution in [0.1, 0.15) is 18.5 Å². The molecule has 2 N–H and O–H groups in total. The first-order chi connectivity index (χ1) is 9.13. The van der Waals surface area contributed by atoms with Gasteiger partial charge in [0.15, 0.2) is 0 Å². The highest BCUT2D eigenvalue weighted by atomic mass is 15.1. The second-order valence-corrected chi connectivity index (χ2v) is 5.88. The number of hydrogen-bond acceptors (Lipinski definition) is 4. The summed E-state index contributed by atoms with van der Waals surface area (Å²) in [7, 11) is 4.33. The van der Waals surface area contributed by atoms with Crippen LogP contribution in [-0.4, -0.2) is 55.1 Å². The number of likely N-dealkylation sites (tertiary alicyclic amines) is 1. The van der Waals surface area contributed by atoms with E-state index in [-0.39, 0.29) is 0 Å². The molecule has 0 saturated carbocycles. The normalized spacial score (nSPS) is 18.1. The molecule has 2 heterocycles. The molecule has 0 unspecified atom stereocenters. The first kappa shape index (κ1) is 14.3. The Morgan fingerprint density at radius 2 is 2.05 bits per heavy atom. The molecule has 1 aromatic rings. The second-order valence-electron chi connectivity index (χ2n) is 5.88. The molecule has 1 aliphatic rings. The number of hydrogen-bond donors (Lipinski definition) is 1. The summed E-state index contributed by atoms with van der Waals surface area (Å²) in [6, 6.07) is 3.97. The Balaban J connectivity index is 1.69. The highest BCUT2D eigenvalue weighted by Gasteiger charge is 2.19. The highest BCUT2D eigenvalue weighted by molar-refractivity contribution is 5.34. The first-order valence-corrected chi connectivity index (χ1v) is 7.21. The lowest BCUT2D eigenvalue weighted by Gasteiger charge is -2.33. The van der Waals surface area contributed by atoms with E-state index in [0.29, 0.717) is 0 Å². The van der Waals surface area contributed by atoms with Gasteiger partial charge in [-0.15, -0.1) is 0 Å². The largest absolute Gasteiger partial charge is 0.397 e. The fourth-order valence-corrected chi connectivity index (χ4v) is 2.77. The Hall–Kier alpha value is -1.13. The Morgan fingerprint density at radius 1 is 1.32 bits per heavy atom. The van der Waals surface area contributed by atoms with Gasteiger partial charge in [-0.25, -0.2) is 0 Å². The average Bonchev–Trinajstić information content (AvgIpc) is 2.39. The number of nitrogen functional groups attached to an aromatic ring is 1. The topological polar surface area (TPSA) is 45.4 Å². The SMILES string of the molecule is CN(C)CC1CCN(CCc2ccc(N)cn2)CC1. The summed E-state index contributed by atoms with van der Waals surface area (Å²) in [6.07, 6.45) is 5.43. The molecule has 0 radical (unpaired) electrons. The Kier molecular flexibility index (Phi) is 5.16. The molecule has 1 fully saturated rings. The van der Waals surface area contributed by atoms with Crippen LogP contribution in [-0.2, 0) is 6.42 Å². The zero-order valence-corrected chi connectivity index (χ0v) is 12.2. The zero-order valence-electron chi connectivity index (χ0n) is 12.2. The van der Waals surface area contributed by atoms with Crippen LogP contribution in [0.3, 0.4) is 0 Å². The van der Waals surface area contributed by atoms with E-state index < -0.39 is 0 Å². The van der Waals surface area contributed by atoms with Crippen molar-refractivity contribution in [2.24, 2.45) is 5.92 Å². The minimum absolute atomic E-state index is 0.744. The minimum Gasteiger partial charge on any atom is -0.397 e. The van der Waals surface area contributed by atoms with E-state index in [2.05, 4.69) is 28.9 Å². The summed E-state index contributed by atoms with van der Waals surface area (Å²) < 4.78 is 0. The number of pyridine rings is 1. The summed E-state index contributed by atoms with van der Waals surface area (Å²) in [5, 5.41) is 0. The van der Waals surface area contributed by atoms with E-state index in [0.717, 1.165) is 30.3 Å². The second kappa shape index (κ2) is 6.87. The van der Waals surface area contributed by atoms with Crippen LogP contribution in [0, 0.1) is 5.92 Å². The monoisotopic (exact) mass is 262 g/mol. The Morgan fingerprint density at radius 3 is 2.63 bits per heavy atom. The van der Waals surface area contributed by atoms with Gasteiger partial charge in [0.05, 0.1) is 11.9 Å². The zero-order chi connectivity index (χ0) is 13.7. The summed E-state index contributed by atoms with van der Waals surface area (Å²) in [5.41, 5.74) is 7.53. The quantitative estimate of drug-likeness (QED) is 0.873. The van der Waals surface area contributed by atoms with Crippen LogP contribution in [0.5, 0.6) is 0 Å². The van der Waals surface area contributed by atoms with E-state index in [1.807, 2.05) is 12.1 Å². The number of anilines is 1. The summed E-state index contributed by atoms with van der Waals surface area (Å²) in [5.74, 6) is 0.876. The molecule has 1 aliphatic heterocycles. The van der Waals surface area contributed by atoms with Crippen molar-refractivity contribution >= 4 is 5.69 Å². The van der Waals surface area contributed by atoms with E-state index >= 15 is 0 Å². The lowest BCUT2D eigenvalue weighted by atomic mass is 9.96. The molecule has 4 nitrogen and oxygen atoms in total. The van der Waals surface area contributed by atoms with Crippen LogP contribution in [0.25, 0.3) is 0 Å². The van der Waals surface area contributed by atoms with E-state index in [4.69, 9.17) is 5.73 Å². The third-order valence-electron chi connectivity index (χ3n) is 3.86.